The van der Waals surface area contributed by atoms with Gasteiger partial charge in [-0.1, -0.05) is 41.9 Å². The summed E-state index contributed by atoms with van der Waals surface area (Å²) in [5.41, 5.74) is 3.15. The maximum atomic E-state index is 13.2. The van der Waals surface area contributed by atoms with Crippen LogP contribution in [0.5, 0.6) is 17.2 Å². The van der Waals surface area contributed by atoms with Crippen LogP contribution in [0, 0.1) is 0 Å². The predicted octanol–water partition coefficient (Wildman–Crippen LogP) is 3.84. The minimum atomic E-state index is -3.73. The topological polar surface area (TPSA) is 94.2 Å². The molecule has 196 valence electrons. The molecule has 8 nitrogen and oxygen atoms in total. The number of hydrogen-bond acceptors (Lipinski definition) is 6. The molecule has 3 aromatic carbocycles. The van der Waals surface area contributed by atoms with Crippen molar-refractivity contribution in [2.45, 2.75) is 24.3 Å². The van der Waals surface area contributed by atoms with E-state index >= 15 is 0 Å². The van der Waals surface area contributed by atoms with Crippen molar-refractivity contribution in [1.29, 1.82) is 0 Å². The highest BCUT2D eigenvalue weighted by Gasteiger charge is 2.28. The van der Waals surface area contributed by atoms with Crippen molar-refractivity contribution in [3.05, 3.63) is 82.4 Å². The molecule has 0 saturated heterocycles. The number of nitrogens with zero attached hydrogens (tertiary/aromatic N) is 1. The summed E-state index contributed by atoms with van der Waals surface area (Å²) >= 11 is 6.31. The van der Waals surface area contributed by atoms with Gasteiger partial charge in [-0.3, -0.25) is 4.79 Å². The Morgan fingerprint density at radius 1 is 0.973 bits per heavy atom. The smallest absolute Gasteiger partial charge is 0.257 e. The van der Waals surface area contributed by atoms with Crippen LogP contribution in [0.15, 0.2) is 65.6 Å². The third-order valence-corrected chi connectivity index (χ3v) is 8.32. The van der Waals surface area contributed by atoms with Crippen LogP contribution in [0.2, 0.25) is 5.02 Å². The summed E-state index contributed by atoms with van der Waals surface area (Å²) in [4.78, 5) is 12.3. The molecule has 0 radical (unpaired) electrons. The summed E-state index contributed by atoms with van der Waals surface area (Å²) in [6.07, 6.45) is 1.26. The molecule has 1 aliphatic heterocycles. The Hall–Kier alpha value is -3.27. The number of fused-ring (bicyclic) bond motifs is 1. The van der Waals surface area contributed by atoms with Crippen LogP contribution in [0.25, 0.3) is 0 Å². The van der Waals surface area contributed by atoms with Crippen molar-refractivity contribution in [3.8, 4) is 17.2 Å². The van der Waals surface area contributed by atoms with Crippen LogP contribution in [0.1, 0.15) is 16.7 Å². The van der Waals surface area contributed by atoms with Crippen molar-refractivity contribution in [3.63, 3.8) is 0 Å². The van der Waals surface area contributed by atoms with E-state index < -0.39 is 10.0 Å². The average molecular weight is 545 g/mol. The molecule has 0 unspecified atom stereocenters. The lowest BCUT2D eigenvalue weighted by atomic mass is 10.0. The minimum absolute atomic E-state index is 0.0867. The molecule has 1 heterocycles. The van der Waals surface area contributed by atoms with Gasteiger partial charge in [-0.2, -0.15) is 4.31 Å². The van der Waals surface area contributed by atoms with E-state index in [-0.39, 0.29) is 28.2 Å². The molecule has 0 aromatic heterocycles. The lowest BCUT2D eigenvalue weighted by molar-refractivity contribution is -0.123. The fraction of sp³-hybridized carbons (Fsp3) is 0.296. The molecule has 0 fully saturated rings. The van der Waals surface area contributed by atoms with Crippen LogP contribution < -0.4 is 19.5 Å². The van der Waals surface area contributed by atoms with Crippen LogP contribution in [-0.2, 0) is 34.2 Å². The van der Waals surface area contributed by atoms with Crippen molar-refractivity contribution in [2.75, 3.05) is 33.9 Å². The number of hydrogen-bond donors (Lipinski definition) is 1. The Morgan fingerprint density at radius 3 is 2.43 bits per heavy atom. The van der Waals surface area contributed by atoms with Gasteiger partial charge >= 0.3 is 0 Å². The number of methoxy groups -OCH3 is 2. The minimum Gasteiger partial charge on any atom is -0.493 e. The number of sulfonamides is 1. The van der Waals surface area contributed by atoms with E-state index in [2.05, 4.69) is 5.32 Å². The Balaban J connectivity index is 1.30. The third kappa shape index (κ3) is 6.36. The van der Waals surface area contributed by atoms with Crippen molar-refractivity contribution in [1.82, 2.24) is 9.62 Å². The van der Waals surface area contributed by atoms with E-state index in [1.807, 2.05) is 42.5 Å². The number of ether oxygens (including phenoxy) is 3. The molecule has 4 rings (SSSR count). The van der Waals surface area contributed by atoms with E-state index in [0.717, 1.165) is 16.7 Å². The molecule has 0 bridgehead atoms. The molecule has 1 amide bonds. The van der Waals surface area contributed by atoms with Gasteiger partial charge in [0, 0.05) is 19.6 Å². The number of carbonyl (C=O) groups excluding carboxylic acids is 1. The number of amides is 1. The Kier molecular flexibility index (Phi) is 8.58. The molecule has 1 N–H and O–H groups in total. The fourth-order valence-corrected chi connectivity index (χ4v) is 5.91. The van der Waals surface area contributed by atoms with Gasteiger partial charge in [0.15, 0.2) is 18.1 Å². The van der Waals surface area contributed by atoms with E-state index in [0.29, 0.717) is 44.0 Å². The highest BCUT2D eigenvalue weighted by molar-refractivity contribution is 7.89. The summed E-state index contributed by atoms with van der Waals surface area (Å²) in [5, 5.41) is 2.91. The predicted molar refractivity (Wildman–Crippen MR) is 141 cm³/mol. The first-order valence-corrected chi connectivity index (χ1v) is 13.6. The fourth-order valence-electron chi connectivity index (χ4n) is 4.16. The Labute approximate surface area is 222 Å². The Morgan fingerprint density at radius 2 is 1.70 bits per heavy atom. The van der Waals surface area contributed by atoms with Crippen LogP contribution >= 0.6 is 11.6 Å². The number of carbonyl (C=O) groups is 1. The van der Waals surface area contributed by atoms with Crippen molar-refractivity contribution < 1.29 is 27.4 Å². The van der Waals surface area contributed by atoms with Gasteiger partial charge in [-0.05, 0) is 59.9 Å². The zero-order valence-electron chi connectivity index (χ0n) is 20.7. The monoisotopic (exact) mass is 544 g/mol. The summed E-state index contributed by atoms with van der Waals surface area (Å²) in [6, 6.07) is 17.7. The number of rotatable bonds is 10. The molecular formula is C27H29ClN2O6S. The largest absolute Gasteiger partial charge is 0.493 e. The van der Waals surface area contributed by atoms with Crippen LogP contribution in [0.3, 0.4) is 0 Å². The summed E-state index contributed by atoms with van der Waals surface area (Å²) in [6.45, 7) is 0.874. The number of nitrogens with one attached hydrogen (secondary N) is 1. The second kappa shape index (κ2) is 11.9. The molecule has 0 spiro atoms. The molecule has 3 aromatic rings. The first-order chi connectivity index (χ1) is 17.8. The van der Waals surface area contributed by atoms with Gasteiger partial charge in [-0.15, -0.1) is 0 Å². The molecule has 37 heavy (non-hydrogen) atoms. The summed E-state index contributed by atoms with van der Waals surface area (Å²) < 4.78 is 43.9. The van der Waals surface area contributed by atoms with Gasteiger partial charge in [0.25, 0.3) is 5.91 Å². The molecule has 1 aliphatic rings. The molecule has 0 aliphatic carbocycles. The molecule has 0 atom stereocenters. The van der Waals surface area contributed by atoms with Crippen LogP contribution in [0.4, 0.5) is 0 Å². The maximum Gasteiger partial charge on any atom is 0.257 e. The van der Waals surface area contributed by atoms with Gasteiger partial charge in [-0.25, -0.2) is 8.42 Å². The lowest BCUT2D eigenvalue weighted by Crippen LogP contribution is -2.35. The average Bonchev–Trinajstić information content (AvgIpc) is 2.91. The third-order valence-electron chi connectivity index (χ3n) is 6.18. The standard InChI is InChI=1S/C27H29ClN2O6S/c1-34-25-9-7-19(15-26(25)35-2)11-13-29-27(31)18-36-24-10-8-22(16-23(24)28)37(32,33)30-14-12-20-5-3-4-6-21(20)17-30/h3-10,15-16H,11-14,17-18H2,1-2H3,(H,29,31). The van der Waals surface area contributed by atoms with Gasteiger partial charge in [0.2, 0.25) is 10.0 Å². The van der Waals surface area contributed by atoms with Crippen LogP contribution in [-0.4, -0.2) is 52.5 Å². The van der Waals surface area contributed by atoms with Gasteiger partial charge in [0.05, 0.1) is 24.1 Å². The summed E-state index contributed by atoms with van der Waals surface area (Å²) in [5.74, 6) is 1.18. The highest BCUT2D eigenvalue weighted by atomic mass is 35.5. The quantitative estimate of drug-likeness (QED) is 0.417. The molecule has 10 heteroatoms. The normalized spacial score (nSPS) is 13.5. The Bertz CT molecular complexity index is 1380. The second-order valence-corrected chi connectivity index (χ2v) is 10.9. The molecular weight excluding hydrogens is 516 g/mol. The van der Waals surface area contributed by atoms with E-state index in [1.54, 1.807) is 14.2 Å². The van der Waals surface area contributed by atoms with E-state index in [4.69, 9.17) is 25.8 Å². The number of halogens is 1. The zero-order chi connectivity index (χ0) is 26.4. The zero-order valence-corrected chi connectivity index (χ0v) is 22.3. The highest BCUT2D eigenvalue weighted by Crippen LogP contribution is 2.31. The summed E-state index contributed by atoms with van der Waals surface area (Å²) in [7, 11) is -0.582. The molecule has 0 saturated carbocycles. The second-order valence-electron chi connectivity index (χ2n) is 8.53. The maximum absolute atomic E-state index is 13.2. The lowest BCUT2D eigenvalue weighted by Gasteiger charge is -2.28. The van der Waals surface area contributed by atoms with Crippen molar-refractivity contribution in [2.24, 2.45) is 0 Å². The first-order valence-electron chi connectivity index (χ1n) is 11.8. The first kappa shape index (κ1) is 26.8. The SMILES string of the molecule is COc1ccc(CCNC(=O)COc2ccc(S(=O)(=O)N3CCc4ccccc4C3)cc2Cl)cc1OC. The van der Waals surface area contributed by atoms with Crippen molar-refractivity contribution >= 4 is 27.5 Å². The van der Waals surface area contributed by atoms with Gasteiger partial charge < -0.3 is 19.5 Å². The van der Waals surface area contributed by atoms with E-state index in [1.165, 1.54) is 22.5 Å². The number of benzene rings is 3. The van der Waals surface area contributed by atoms with Gasteiger partial charge in [0.1, 0.15) is 5.75 Å². The van der Waals surface area contributed by atoms with E-state index in [9.17, 15) is 13.2 Å².